The Bertz CT molecular complexity index is 900. The lowest BCUT2D eigenvalue weighted by Gasteiger charge is -2.20. The predicted octanol–water partition coefficient (Wildman–Crippen LogP) is 2.71. The van der Waals surface area contributed by atoms with E-state index in [1.807, 2.05) is 6.07 Å². The number of carbonyl (C=O) groups excluding carboxylic acids is 4. The molecular formula is C23H27N3O5. The van der Waals surface area contributed by atoms with E-state index in [4.69, 9.17) is 4.74 Å². The summed E-state index contributed by atoms with van der Waals surface area (Å²) in [4.78, 5) is 48.8. The quantitative estimate of drug-likeness (QED) is 0.563. The second kappa shape index (κ2) is 11.5. The third-order valence-electron chi connectivity index (χ3n) is 4.25. The van der Waals surface area contributed by atoms with Gasteiger partial charge in [-0.25, -0.2) is 4.79 Å². The Morgan fingerprint density at radius 3 is 2.00 bits per heavy atom. The predicted molar refractivity (Wildman–Crippen MR) is 115 cm³/mol. The Morgan fingerprint density at radius 2 is 1.42 bits per heavy atom. The van der Waals surface area contributed by atoms with Crippen LogP contribution in [0.15, 0.2) is 60.7 Å². The minimum atomic E-state index is -1.17. The molecule has 0 saturated heterocycles. The fourth-order valence-corrected chi connectivity index (χ4v) is 2.75. The van der Waals surface area contributed by atoms with Gasteiger partial charge in [-0.05, 0) is 38.5 Å². The van der Waals surface area contributed by atoms with Crippen LogP contribution in [0, 0.1) is 0 Å². The summed E-state index contributed by atoms with van der Waals surface area (Å²) in [5, 5.41) is 7.47. The lowest BCUT2D eigenvalue weighted by molar-refractivity contribution is -0.154. The average molecular weight is 425 g/mol. The van der Waals surface area contributed by atoms with Crippen molar-refractivity contribution in [1.82, 2.24) is 16.0 Å². The molecule has 4 amide bonds. The van der Waals surface area contributed by atoms with Crippen molar-refractivity contribution in [3.63, 3.8) is 0 Å². The summed E-state index contributed by atoms with van der Waals surface area (Å²) >= 11 is 0. The van der Waals surface area contributed by atoms with Gasteiger partial charge in [0, 0.05) is 11.6 Å². The van der Waals surface area contributed by atoms with Crippen molar-refractivity contribution < 1.29 is 23.9 Å². The Labute approximate surface area is 181 Å². The molecule has 8 nitrogen and oxygen atoms in total. The van der Waals surface area contributed by atoms with Crippen LogP contribution in [0.2, 0.25) is 0 Å². The van der Waals surface area contributed by atoms with Crippen LogP contribution in [-0.2, 0) is 14.3 Å². The van der Waals surface area contributed by atoms with E-state index in [0.717, 1.165) is 5.56 Å². The van der Waals surface area contributed by atoms with Crippen LogP contribution in [0.4, 0.5) is 4.79 Å². The number of rotatable bonds is 8. The molecule has 2 aromatic carbocycles. The first-order valence-corrected chi connectivity index (χ1v) is 9.98. The largest absolute Gasteiger partial charge is 0.452 e. The van der Waals surface area contributed by atoms with E-state index in [-0.39, 0.29) is 18.4 Å². The summed E-state index contributed by atoms with van der Waals surface area (Å²) in [6.07, 6.45) is -1.36. The Morgan fingerprint density at radius 1 is 0.839 bits per heavy atom. The van der Waals surface area contributed by atoms with Gasteiger partial charge < -0.3 is 15.4 Å². The smallest absolute Gasteiger partial charge is 0.321 e. The van der Waals surface area contributed by atoms with Crippen molar-refractivity contribution in [2.45, 2.75) is 45.4 Å². The third kappa shape index (κ3) is 7.93. The summed E-state index contributed by atoms with van der Waals surface area (Å²) in [6, 6.07) is 16.2. The topological polar surface area (TPSA) is 114 Å². The van der Waals surface area contributed by atoms with Gasteiger partial charge in [0.05, 0.1) is 12.5 Å². The maximum atomic E-state index is 12.6. The van der Waals surface area contributed by atoms with Gasteiger partial charge in [0.25, 0.3) is 11.8 Å². The van der Waals surface area contributed by atoms with Crippen molar-refractivity contribution in [2.75, 3.05) is 0 Å². The van der Waals surface area contributed by atoms with Crippen molar-refractivity contribution in [3.8, 4) is 0 Å². The first-order valence-electron chi connectivity index (χ1n) is 9.98. The minimum Gasteiger partial charge on any atom is -0.452 e. The highest BCUT2D eigenvalue weighted by Gasteiger charge is 2.24. The number of esters is 1. The number of hydrogen-bond acceptors (Lipinski definition) is 5. The second-order valence-corrected chi connectivity index (χ2v) is 7.26. The van der Waals surface area contributed by atoms with Crippen molar-refractivity contribution in [2.24, 2.45) is 0 Å². The molecule has 0 radical (unpaired) electrons. The monoisotopic (exact) mass is 425 g/mol. The SMILES string of the molecule is CC(C)NC(=O)NC(=O)[C@H](C)OC(=O)C[C@H](NC(=O)c1ccccc1)c1ccccc1. The molecule has 0 spiro atoms. The van der Waals surface area contributed by atoms with Gasteiger partial charge in [0.15, 0.2) is 6.10 Å². The van der Waals surface area contributed by atoms with Gasteiger partial charge >= 0.3 is 12.0 Å². The highest BCUT2D eigenvalue weighted by molar-refractivity contribution is 5.97. The van der Waals surface area contributed by atoms with Crippen LogP contribution in [0.25, 0.3) is 0 Å². The standard InChI is InChI=1S/C23H27N3O5/c1-15(2)24-23(30)26-21(28)16(3)31-20(27)14-19(17-10-6-4-7-11-17)25-22(29)18-12-8-5-9-13-18/h4-13,15-16,19H,14H2,1-3H3,(H,25,29)(H2,24,26,28,30)/t16-,19-/m0/s1. The first-order chi connectivity index (χ1) is 14.8. The molecule has 0 aliphatic heterocycles. The molecule has 0 bridgehead atoms. The Hall–Kier alpha value is -3.68. The van der Waals surface area contributed by atoms with Crippen molar-refractivity contribution >= 4 is 23.8 Å². The van der Waals surface area contributed by atoms with Gasteiger partial charge in [-0.2, -0.15) is 0 Å². The molecule has 8 heteroatoms. The molecule has 0 fully saturated rings. The van der Waals surface area contributed by atoms with E-state index in [1.54, 1.807) is 68.4 Å². The Kier molecular flexibility index (Phi) is 8.75. The molecule has 0 saturated carbocycles. The number of urea groups is 1. The van der Waals surface area contributed by atoms with Crippen LogP contribution < -0.4 is 16.0 Å². The number of benzene rings is 2. The molecular weight excluding hydrogens is 398 g/mol. The highest BCUT2D eigenvalue weighted by Crippen LogP contribution is 2.18. The number of hydrogen-bond donors (Lipinski definition) is 3. The molecule has 2 aromatic rings. The molecule has 3 N–H and O–H groups in total. The molecule has 31 heavy (non-hydrogen) atoms. The number of nitrogens with one attached hydrogen (secondary N) is 3. The molecule has 0 aliphatic carbocycles. The number of ether oxygens (including phenoxy) is 1. The molecule has 0 aliphatic rings. The molecule has 0 aromatic heterocycles. The van der Waals surface area contributed by atoms with Crippen LogP contribution in [0.5, 0.6) is 0 Å². The average Bonchev–Trinajstić information content (AvgIpc) is 2.73. The first kappa shape index (κ1) is 23.6. The van der Waals surface area contributed by atoms with E-state index >= 15 is 0 Å². The summed E-state index contributed by atoms with van der Waals surface area (Å²) in [5.74, 6) is -1.76. The molecule has 2 atom stereocenters. The van der Waals surface area contributed by atoms with Crippen molar-refractivity contribution in [3.05, 3.63) is 71.8 Å². The van der Waals surface area contributed by atoms with Crippen LogP contribution in [0.3, 0.4) is 0 Å². The molecule has 0 heterocycles. The summed E-state index contributed by atoms with van der Waals surface area (Å²) in [6.45, 7) is 4.87. The fourth-order valence-electron chi connectivity index (χ4n) is 2.75. The van der Waals surface area contributed by atoms with Gasteiger partial charge in [-0.3, -0.25) is 19.7 Å². The zero-order chi connectivity index (χ0) is 22.8. The second-order valence-electron chi connectivity index (χ2n) is 7.26. The van der Waals surface area contributed by atoms with Gasteiger partial charge in [0.1, 0.15) is 0 Å². The van der Waals surface area contributed by atoms with E-state index in [9.17, 15) is 19.2 Å². The zero-order valence-corrected chi connectivity index (χ0v) is 17.8. The summed E-state index contributed by atoms with van der Waals surface area (Å²) in [5.41, 5.74) is 1.18. The van der Waals surface area contributed by atoms with Crippen molar-refractivity contribution in [1.29, 1.82) is 0 Å². The van der Waals surface area contributed by atoms with Crippen LogP contribution >= 0.6 is 0 Å². The molecule has 0 unspecified atom stereocenters. The number of amides is 4. The lowest BCUT2D eigenvalue weighted by atomic mass is 10.0. The summed E-state index contributed by atoms with van der Waals surface area (Å²) < 4.78 is 5.18. The maximum absolute atomic E-state index is 12.6. The fraction of sp³-hybridized carbons (Fsp3) is 0.304. The number of carbonyl (C=O) groups is 4. The van der Waals surface area contributed by atoms with Gasteiger partial charge in [-0.1, -0.05) is 48.5 Å². The minimum absolute atomic E-state index is 0.148. The highest BCUT2D eigenvalue weighted by atomic mass is 16.5. The Balaban J connectivity index is 2.01. The zero-order valence-electron chi connectivity index (χ0n) is 17.8. The van der Waals surface area contributed by atoms with Gasteiger partial charge in [0.2, 0.25) is 0 Å². The molecule has 164 valence electrons. The number of imide groups is 1. The van der Waals surface area contributed by atoms with E-state index < -0.39 is 30.1 Å². The third-order valence-corrected chi connectivity index (χ3v) is 4.25. The van der Waals surface area contributed by atoms with E-state index in [2.05, 4.69) is 16.0 Å². The van der Waals surface area contributed by atoms with Gasteiger partial charge in [-0.15, -0.1) is 0 Å². The van der Waals surface area contributed by atoms with Crippen LogP contribution in [-0.4, -0.2) is 36.0 Å². The van der Waals surface area contributed by atoms with E-state index in [1.165, 1.54) is 6.92 Å². The normalized spacial score (nSPS) is 12.4. The van der Waals surface area contributed by atoms with Crippen LogP contribution in [0.1, 0.15) is 49.2 Å². The maximum Gasteiger partial charge on any atom is 0.321 e. The van der Waals surface area contributed by atoms with E-state index in [0.29, 0.717) is 5.56 Å². The summed E-state index contributed by atoms with van der Waals surface area (Å²) in [7, 11) is 0. The molecule has 2 rings (SSSR count). The lowest BCUT2D eigenvalue weighted by Crippen LogP contribution is -2.46.